The minimum atomic E-state index is -4.79. The second-order valence-corrected chi connectivity index (χ2v) is 7.71. The van der Waals surface area contributed by atoms with Crippen molar-refractivity contribution in [3.63, 3.8) is 0 Å². The first-order valence-electron chi connectivity index (χ1n) is 10.2. The molecular weight excluding hydrogens is 473 g/mol. The summed E-state index contributed by atoms with van der Waals surface area (Å²) in [5.41, 5.74) is -1.36. The molecule has 3 rings (SSSR count). The van der Waals surface area contributed by atoms with Crippen LogP contribution >= 0.6 is 11.6 Å². The van der Waals surface area contributed by atoms with Gasteiger partial charge in [-0.2, -0.15) is 13.2 Å². The van der Waals surface area contributed by atoms with E-state index in [1.54, 1.807) is 23.1 Å². The molecule has 1 aliphatic rings. The summed E-state index contributed by atoms with van der Waals surface area (Å²) in [6.07, 6.45) is -4.79. The monoisotopic (exact) mass is 492 g/mol. The lowest BCUT2D eigenvalue weighted by molar-refractivity contribution is -0.138. The van der Waals surface area contributed by atoms with Gasteiger partial charge < -0.3 is 10.6 Å². The van der Waals surface area contributed by atoms with Crippen molar-refractivity contribution in [2.45, 2.75) is 6.18 Å². The SMILES string of the molecule is O=C1CN(CCNCC#Cc2ccc(NC(=O)c3ccccc3)c(Cl)c2C(F)(F)F)CC(=O)N1. The lowest BCUT2D eigenvalue weighted by atomic mass is 10.1. The lowest BCUT2D eigenvalue weighted by Crippen LogP contribution is -2.52. The number of benzene rings is 2. The molecule has 0 spiro atoms. The summed E-state index contributed by atoms with van der Waals surface area (Å²) < 4.78 is 41.1. The zero-order valence-corrected chi connectivity index (χ0v) is 18.5. The molecular formula is C23H20ClF3N4O3. The van der Waals surface area contributed by atoms with E-state index in [4.69, 9.17) is 11.6 Å². The Hall–Kier alpha value is -3.39. The number of nitrogens with zero attached hydrogens (tertiary/aromatic N) is 1. The van der Waals surface area contributed by atoms with Crippen LogP contribution in [0.5, 0.6) is 0 Å². The summed E-state index contributed by atoms with van der Waals surface area (Å²) in [5.74, 6) is 3.73. The maximum atomic E-state index is 13.7. The second kappa shape index (κ2) is 11.2. The van der Waals surface area contributed by atoms with Crippen LogP contribution in [0.2, 0.25) is 5.02 Å². The summed E-state index contributed by atoms with van der Waals surface area (Å²) >= 11 is 6.02. The van der Waals surface area contributed by atoms with Crippen LogP contribution in [0, 0.1) is 11.8 Å². The summed E-state index contributed by atoms with van der Waals surface area (Å²) in [5, 5.41) is 6.88. The molecule has 0 bridgehead atoms. The molecule has 0 aliphatic carbocycles. The van der Waals surface area contributed by atoms with Crippen LogP contribution in [0.25, 0.3) is 0 Å². The van der Waals surface area contributed by atoms with E-state index in [0.717, 1.165) is 6.07 Å². The third-order valence-electron chi connectivity index (χ3n) is 4.76. The molecule has 1 heterocycles. The van der Waals surface area contributed by atoms with E-state index in [1.807, 2.05) is 0 Å². The van der Waals surface area contributed by atoms with Crippen molar-refractivity contribution in [3.8, 4) is 11.8 Å². The van der Waals surface area contributed by atoms with Gasteiger partial charge in [-0.1, -0.05) is 41.6 Å². The van der Waals surface area contributed by atoms with E-state index in [0.29, 0.717) is 13.1 Å². The Labute approximate surface area is 198 Å². The molecule has 0 radical (unpaired) electrons. The predicted molar refractivity (Wildman–Crippen MR) is 120 cm³/mol. The number of imide groups is 1. The van der Waals surface area contributed by atoms with E-state index in [2.05, 4.69) is 27.8 Å². The molecule has 34 heavy (non-hydrogen) atoms. The fraction of sp³-hybridized carbons (Fsp3) is 0.261. The summed E-state index contributed by atoms with van der Waals surface area (Å²) in [6.45, 7) is 1.05. The minimum absolute atomic E-state index is 0.0788. The molecule has 0 saturated carbocycles. The first-order valence-corrected chi connectivity index (χ1v) is 10.5. The van der Waals surface area contributed by atoms with Crippen LogP contribution < -0.4 is 16.0 Å². The van der Waals surface area contributed by atoms with Gasteiger partial charge in [-0.25, -0.2) is 0 Å². The highest BCUT2D eigenvalue weighted by molar-refractivity contribution is 6.35. The fourth-order valence-electron chi connectivity index (χ4n) is 3.22. The van der Waals surface area contributed by atoms with Crippen molar-refractivity contribution in [1.82, 2.24) is 15.5 Å². The van der Waals surface area contributed by atoms with E-state index in [1.165, 1.54) is 18.2 Å². The Morgan fingerprint density at radius 3 is 2.41 bits per heavy atom. The normalized spacial score (nSPS) is 14.2. The molecule has 7 nitrogen and oxygen atoms in total. The average molecular weight is 493 g/mol. The van der Waals surface area contributed by atoms with Crippen LogP contribution in [-0.2, 0) is 15.8 Å². The molecule has 3 N–H and O–H groups in total. The predicted octanol–water partition coefficient (Wildman–Crippen LogP) is 2.51. The first-order chi connectivity index (χ1) is 16.1. The molecule has 1 fully saturated rings. The average Bonchev–Trinajstić information content (AvgIpc) is 2.77. The van der Waals surface area contributed by atoms with Crippen LogP contribution in [0.15, 0.2) is 42.5 Å². The Kier molecular flexibility index (Phi) is 8.28. The van der Waals surface area contributed by atoms with Gasteiger partial charge in [0.2, 0.25) is 11.8 Å². The number of alkyl halides is 3. The molecule has 178 valence electrons. The first kappa shape index (κ1) is 25.2. The quantitative estimate of drug-likeness (QED) is 0.327. The summed E-state index contributed by atoms with van der Waals surface area (Å²) in [7, 11) is 0. The van der Waals surface area contributed by atoms with Gasteiger partial charge in [0.15, 0.2) is 0 Å². The number of nitrogens with one attached hydrogen (secondary N) is 3. The smallest absolute Gasteiger partial charge is 0.321 e. The highest BCUT2D eigenvalue weighted by Gasteiger charge is 2.37. The van der Waals surface area contributed by atoms with Crippen molar-refractivity contribution in [3.05, 3.63) is 64.2 Å². The number of amides is 3. The zero-order valence-electron chi connectivity index (χ0n) is 17.8. The number of hydrogen-bond donors (Lipinski definition) is 3. The molecule has 0 atom stereocenters. The fourth-order valence-corrected chi connectivity index (χ4v) is 3.54. The number of anilines is 1. The van der Waals surface area contributed by atoms with Gasteiger partial charge in [0.1, 0.15) is 0 Å². The van der Waals surface area contributed by atoms with E-state index >= 15 is 0 Å². The summed E-state index contributed by atoms with van der Waals surface area (Å²) in [6, 6.07) is 10.5. The molecule has 11 heteroatoms. The van der Waals surface area contributed by atoms with Gasteiger partial charge in [-0.3, -0.25) is 24.6 Å². The Bertz CT molecular complexity index is 1130. The standard InChI is InChI=1S/C23H20ClF3N4O3/c24-21-17(29-22(34)16-5-2-1-3-6-16)9-8-15(20(21)23(25,26)27)7-4-10-28-11-12-31-13-18(32)30-19(33)14-31/h1-3,5-6,8-9,28H,10-14H2,(H,29,34)(H,30,32,33). The molecule has 3 amide bonds. The number of hydrogen-bond acceptors (Lipinski definition) is 5. The van der Waals surface area contributed by atoms with Gasteiger partial charge in [0, 0.05) is 24.2 Å². The molecule has 0 aromatic heterocycles. The van der Waals surface area contributed by atoms with Gasteiger partial charge in [0.05, 0.1) is 35.9 Å². The zero-order chi connectivity index (χ0) is 24.7. The van der Waals surface area contributed by atoms with Gasteiger partial charge in [-0.05, 0) is 24.3 Å². The maximum absolute atomic E-state index is 13.7. The Balaban J connectivity index is 1.65. The van der Waals surface area contributed by atoms with Gasteiger partial charge in [0.25, 0.3) is 5.91 Å². The third-order valence-corrected chi connectivity index (χ3v) is 5.16. The van der Waals surface area contributed by atoms with E-state index in [-0.39, 0.29) is 48.3 Å². The van der Waals surface area contributed by atoms with E-state index in [9.17, 15) is 27.6 Å². The lowest BCUT2D eigenvalue weighted by Gasteiger charge is -2.24. The van der Waals surface area contributed by atoms with Crippen molar-refractivity contribution >= 4 is 35.0 Å². The van der Waals surface area contributed by atoms with Crippen molar-refractivity contribution < 1.29 is 27.6 Å². The topological polar surface area (TPSA) is 90.5 Å². The van der Waals surface area contributed by atoms with Crippen LogP contribution in [0.4, 0.5) is 18.9 Å². The summed E-state index contributed by atoms with van der Waals surface area (Å²) in [4.78, 5) is 36.6. The number of rotatable bonds is 6. The molecule has 0 unspecified atom stereocenters. The number of piperazine rings is 1. The number of carbonyl (C=O) groups excluding carboxylic acids is 3. The molecule has 1 saturated heterocycles. The molecule has 1 aliphatic heterocycles. The van der Waals surface area contributed by atoms with Crippen LogP contribution in [-0.4, -0.2) is 55.3 Å². The van der Waals surface area contributed by atoms with Crippen LogP contribution in [0.1, 0.15) is 21.5 Å². The van der Waals surface area contributed by atoms with Crippen molar-refractivity contribution in [2.75, 3.05) is 38.0 Å². The largest absolute Gasteiger partial charge is 0.419 e. The minimum Gasteiger partial charge on any atom is -0.321 e. The Morgan fingerprint density at radius 1 is 1.09 bits per heavy atom. The highest BCUT2D eigenvalue weighted by atomic mass is 35.5. The highest BCUT2D eigenvalue weighted by Crippen LogP contribution is 2.40. The van der Waals surface area contributed by atoms with E-state index < -0.39 is 22.7 Å². The molecule has 2 aromatic rings. The second-order valence-electron chi connectivity index (χ2n) is 7.33. The Morgan fingerprint density at radius 2 is 1.76 bits per heavy atom. The van der Waals surface area contributed by atoms with Crippen LogP contribution in [0.3, 0.4) is 0 Å². The van der Waals surface area contributed by atoms with Crippen molar-refractivity contribution in [2.24, 2.45) is 0 Å². The van der Waals surface area contributed by atoms with Gasteiger partial charge in [-0.15, -0.1) is 0 Å². The third kappa shape index (κ3) is 6.81. The number of carbonyl (C=O) groups is 3. The maximum Gasteiger partial charge on any atom is 0.419 e. The van der Waals surface area contributed by atoms with Crippen molar-refractivity contribution in [1.29, 1.82) is 0 Å². The van der Waals surface area contributed by atoms with Gasteiger partial charge >= 0.3 is 6.18 Å². The number of halogens is 4. The molecule has 2 aromatic carbocycles.